The van der Waals surface area contributed by atoms with E-state index in [1.54, 1.807) is 0 Å². The average molecular weight is 288 g/mol. The predicted molar refractivity (Wildman–Crippen MR) is 81.7 cm³/mol. The Kier molecular flexibility index (Phi) is 7.06. The summed E-state index contributed by atoms with van der Waals surface area (Å²) in [6, 6.07) is 6.44. The van der Waals surface area contributed by atoms with E-state index in [-0.39, 0.29) is 0 Å². The number of nitrogens with one attached hydrogen (secondary N) is 1. The first-order valence-electron chi connectivity index (χ1n) is 6.74. The van der Waals surface area contributed by atoms with Gasteiger partial charge in [-0.3, -0.25) is 0 Å². The molecule has 102 valence electrons. The maximum absolute atomic E-state index is 6.06. The van der Waals surface area contributed by atoms with Gasteiger partial charge in [0.25, 0.3) is 0 Å². The van der Waals surface area contributed by atoms with Crippen molar-refractivity contribution in [1.82, 2.24) is 5.32 Å². The zero-order chi connectivity index (χ0) is 13.5. The molecule has 0 aliphatic rings. The van der Waals surface area contributed by atoms with E-state index in [4.69, 9.17) is 23.2 Å². The number of hydrogen-bond acceptors (Lipinski definition) is 1. The van der Waals surface area contributed by atoms with Gasteiger partial charge >= 0.3 is 0 Å². The molecule has 1 nitrogen and oxygen atoms in total. The van der Waals surface area contributed by atoms with Crippen molar-refractivity contribution in [3.8, 4) is 0 Å². The molecule has 0 amide bonds. The van der Waals surface area contributed by atoms with Gasteiger partial charge in [0, 0.05) is 6.04 Å². The molecule has 0 bridgehead atoms. The van der Waals surface area contributed by atoms with Crippen LogP contribution in [-0.2, 0) is 6.42 Å². The lowest BCUT2D eigenvalue weighted by Crippen LogP contribution is -2.32. The summed E-state index contributed by atoms with van der Waals surface area (Å²) >= 11 is 12.0. The highest BCUT2D eigenvalue weighted by atomic mass is 35.5. The van der Waals surface area contributed by atoms with Crippen LogP contribution in [0.4, 0.5) is 0 Å². The standard InChI is InChI=1S/C15H23Cl2N/c1-4-11(3)8-13(18-5-2)9-12-6-7-14(16)15(17)10-12/h6-7,10-11,13,18H,4-5,8-9H2,1-3H3. The largest absolute Gasteiger partial charge is 0.314 e. The summed E-state index contributed by atoms with van der Waals surface area (Å²) in [5, 5.41) is 4.83. The van der Waals surface area contributed by atoms with Gasteiger partial charge in [-0.05, 0) is 43.0 Å². The van der Waals surface area contributed by atoms with Crippen molar-refractivity contribution in [2.45, 2.75) is 46.1 Å². The maximum Gasteiger partial charge on any atom is 0.0595 e. The van der Waals surface area contributed by atoms with Crippen LogP contribution in [-0.4, -0.2) is 12.6 Å². The lowest BCUT2D eigenvalue weighted by molar-refractivity contribution is 0.397. The minimum atomic E-state index is 0.516. The molecule has 0 spiro atoms. The van der Waals surface area contributed by atoms with E-state index in [2.05, 4.69) is 32.2 Å². The summed E-state index contributed by atoms with van der Waals surface area (Å²) in [6.07, 6.45) is 3.43. The van der Waals surface area contributed by atoms with Crippen molar-refractivity contribution in [3.05, 3.63) is 33.8 Å². The maximum atomic E-state index is 6.06. The van der Waals surface area contributed by atoms with Crippen molar-refractivity contribution < 1.29 is 0 Å². The zero-order valence-corrected chi connectivity index (χ0v) is 13.0. The molecule has 2 atom stereocenters. The van der Waals surface area contributed by atoms with Crippen LogP contribution in [0.15, 0.2) is 18.2 Å². The van der Waals surface area contributed by atoms with E-state index >= 15 is 0 Å². The summed E-state index contributed by atoms with van der Waals surface area (Å²) in [5.74, 6) is 0.747. The Morgan fingerprint density at radius 2 is 1.89 bits per heavy atom. The quantitative estimate of drug-likeness (QED) is 0.748. The molecule has 0 saturated carbocycles. The average Bonchev–Trinajstić information content (AvgIpc) is 2.34. The molecule has 0 fully saturated rings. The molecule has 0 saturated heterocycles. The van der Waals surface area contributed by atoms with Gasteiger partial charge in [-0.15, -0.1) is 0 Å². The van der Waals surface area contributed by atoms with Crippen molar-refractivity contribution in [3.63, 3.8) is 0 Å². The van der Waals surface area contributed by atoms with E-state index in [1.165, 1.54) is 18.4 Å². The molecule has 1 N–H and O–H groups in total. The Labute approximate surface area is 121 Å². The molecule has 0 heterocycles. The first kappa shape index (κ1) is 15.8. The van der Waals surface area contributed by atoms with Gasteiger partial charge in [0.05, 0.1) is 10.0 Å². The monoisotopic (exact) mass is 287 g/mol. The molecule has 0 aromatic heterocycles. The Hall–Kier alpha value is -0.240. The number of likely N-dealkylation sites (N-methyl/N-ethyl adjacent to an activating group) is 1. The van der Waals surface area contributed by atoms with Gasteiger partial charge in [0.2, 0.25) is 0 Å². The summed E-state index contributed by atoms with van der Waals surface area (Å²) in [6.45, 7) is 7.70. The highest BCUT2D eigenvalue weighted by Crippen LogP contribution is 2.24. The SMILES string of the molecule is CCNC(Cc1ccc(Cl)c(Cl)c1)CC(C)CC. The molecule has 1 aromatic carbocycles. The number of benzene rings is 1. The number of rotatable bonds is 7. The van der Waals surface area contributed by atoms with Gasteiger partial charge in [0.15, 0.2) is 0 Å². The Morgan fingerprint density at radius 3 is 2.44 bits per heavy atom. The minimum Gasteiger partial charge on any atom is -0.314 e. The highest BCUT2D eigenvalue weighted by molar-refractivity contribution is 6.42. The smallest absolute Gasteiger partial charge is 0.0595 e. The fourth-order valence-corrected chi connectivity index (χ4v) is 2.45. The molecule has 1 rings (SSSR count). The van der Waals surface area contributed by atoms with Gasteiger partial charge in [0.1, 0.15) is 0 Å². The second kappa shape index (κ2) is 8.04. The van der Waals surface area contributed by atoms with Crippen molar-refractivity contribution in [2.75, 3.05) is 6.54 Å². The Bertz CT molecular complexity index is 366. The zero-order valence-electron chi connectivity index (χ0n) is 11.5. The van der Waals surface area contributed by atoms with Crippen LogP contribution in [0.5, 0.6) is 0 Å². The third-order valence-corrected chi connectivity index (χ3v) is 4.08. The van der Waals surface area contributed by atoms with Crippen LogP contribution < -0.4 is 5.32 Å². The summed E-state index contributed by atoms with van der Waals surface area (Å²) in [5.41, 5.74) is 1.25. The molecular formula is C15H23Cl2N. The van der Waals surface area contributed by atoms with Crippen LogP contribution >= 0.6 is 23.2 Å². The van der Waals surface area contributed by atoms with Gasteiger partial charge < -0.3 is 5.32 Å². The Morgan fingerprint density at radius 1 is 1.17 bits per heavy atom. The topological polar surface area (TPSA) is 12.0 Å². The third-order valence-electron chi connectivity index (χ3n) is 3.34. The van der Waals surface area contributed by atoms with E-state index < -0.39 is 0 Å². The summed E-state index contributed by atoms with van der Waals surface area (Å²) in [4.78, 5) is 0. The summed E-state index contributed by atoms with van der Waals surface area (Å²) in [7, 11) is 0. The lowest BCUT2D eigenvalue weighted by Gasteiger charge is -2.21. The first-order chi connectivity index (χ1) is 8.56. The van der Waals surface area contributed by atoms with Crippen molar-refractivity contribution in [1.29, 1.82) is 0 Å². The third kappa shape index (κ3) is 5.17. The first-order valence-corrected chi connectivity index (χ1v) is 7.49. The fraction of sp³-hybridized carbons (Fsp3) is 0.600. The van der Waals surface area contributed by atoms with Gasteiger partial charge in [-0.2, -0.15) is 0 Å². The molecule has 2 unspecified atom stereocenters. The predicted octanol–water partition coefficient (Wildman–Crippen LogP) is 4.95. The second-order valence-electron chi connectivity index (χ2n) is 4.96. The Balaban J connectivity index is 2.66. The lowest BCUT2D eigenvalue weighted by atomic mass is 9.94. The van der Waals surface area contributed by atoms with Gasteiger partial charge in [-0.1, -0.05) is 56.5 Å². The second-order valence-corrected chi connectivity index (χ2v) is 5.77. The van der Waals surface area contributed by atoms with Crippen molar-refractivity contribution in [2.24, 2.45) is 5.92 Å². The molecule has 0 aliphatic carbocycles. The number of hydrogen-bond donors (Lipinski definition) is 1. The molecule has 3 heteroatoms. The van der Waals surface area contributed by atoms with Gasteiger partial charge in [-0.25, -0.2) is 0 Å². The minimum absolute atomic E-state index is 0.516. The van der Waals surface area contributed by atoms with E-state index in [9.17, 15) is 0 Å². The fourth-order valence-electron chi connectivity index (χ4n) is 2.13. The molecule has 18 heavy (non-hydrogen) atoms. The van der Waals surface area contributed by atoms with Crippen LogP contribution in [0, 0.1) is 5.92 Å². The normalized spacial score (nSPS) is 14.5. The van der Waals surface area contributed by atoms with Crippen LogP contribution in [0.25, 0.3) is 0 Å². The van der Waals surface area contributed by atoms with Crippen LogP contribution in [0.3, 0.4) is 0 Å². The number of halogens is 2. The molecule has 0 aliphatic heterocycles. The van der Waals surface area contributed by atoms with Crippen molar-refractivity contribution >= 4 is 23.2 Å². The van der Waals surface area contributed by atoms with E-state index in [0.29, 0.717) is 16.1 Å². The van der Waals surface area contributed by atoms with Crippen LogP contribution in [0.2, 0.25) is 10.0 Å². The summed E-state index contributed by atoms with van der Waals surface area (Å²) < 4.78 is 0. The van der Waals surface area contributed by atoms with Crippen LogP contribution in [0.1, 0.15) is 39.2 Å². The van der Waals surface area contributed by atoms with E-state index in [0.717, 1.165) is 18.9 Å². The van der Waals surface area contributed by atoms with E-state index in [1.807, 2.05) is 12.1 Å². The molecule has 1 aromatic rings. The molecule has 0 radical (unpaired) electrons. The highest BCUT2D eigenvalue weighted by Gasteiger charge is 2.12. The molecular weight excluding hydrogens is 265 g/mol.